The molecule has 2 nitrogen and oxygen atoms in total. The number of nitrogens with one attached hydrogen (secondary N) is 1. The SMILES string of the molecule is Cc1ccc(F)c(NC2CCCN(C)CC2)c1F. The summed E-state index contributed by atoms with van der Waals surface area (Å²) in [6.07, 6.45) is 2.93. The van der Waals surface area contributed by atoms with Crippen LogP contribution in [-0.2, 0) is 0 Å². The van der Waals surface area contributed by atoms with Gasteiger partial charge in [-0.1, -0.05) is 6.07 Å². The number of aryl methyl sites for hydroxylation is 1. The molecule has 4 heteroatoms. The van der Waals surface area contributed by atoms with E-state index in [4.69, 9.17) is 0 Å². The Morgan fingerprint density at radius 3 is 2.78 bits per heavy atom. The highest BCUT2D eigenvalue weighted by Crippen LogP contribution is 2.24. The van der Waals surface area contributed by atoms with Gasteiger partial charge in [0.15, 0.2) is 5.82 Å². The number of rotatable bonds is 2. The van der Waals surface area contributed by atoms with E-state index in [0.29, 0.717) is 5.56 Å². The third-order valence-corrected chi connectivity index (χ3v) is 3.58. The van der Waals surface area contributed by atoms with Crippen molar-refractivity contribution in [3.8, 4) is 0 Å². The first-order chi connectivity index (χ1) is 8.58. The topological polar surface area (TPSA) is 15.3 Å². The molecular formula is C14H20F2N2. The largest absolute Gasteiger partial charge is 0.378 e. The number of likely N-dealkylation sites (tertiary alicyclic amines) is 1. The van der Waals surface area contributed by atoms with Gasteiger partial charge in [-0.25, -0.2) is 8.78 Å². The van der Waals surface area contributed by atoms with E-state index >= 15 is 0 Å². The summed E-state index contributed by atoms with van der Waals surface area (Å²) in [5.74, 6) is -0.969. The van der Waals surface area contributed by atoms with Gasteiger partial charge < -0.3 is 10.2 Å². The lowest BCUT2D eigenvalue weighted by molar-refractivity contribution is 0.348. The Hall–Kier alpha value is -1.16. The molecule has 0 radical (unpaired) electrons. The van der Waals surface area contributed by atoms with Crippen LogP contribution in [-0.4, -0.2) is 31.1 Å². The van der Waals surface area contributed by atoms with Crippen molar-refractivity contribution < 1.29 is 8.78 Å². The number of nitrogens with zero attached hydrogens (tertiary/aromatic N) is 1. The van der Waals surface area contributed by atoms with Crippen LogP contribution in [0.3, 0.4) is 0 Å². The van der Waals surface area contributed by atoms with Crippen molar-refractivity contribution in [1.82, 2.24) is 4.90 Å². The van der Waals surface area contributed by atoms with Gasteiger partial charge in [0, 0.05) is 6.04 Å². The smallest absolute Gasteiger partial charge is 0.152 e. The highest BCUT2D eigenvalue weighted by molar-refractivity contribution is 5.49. The van der Waals surface area contributed by atoms with Gasteiger partial charge in [-0.3, -0.25) is 0 Å². The fourth-order valence-corrected chi connectivity index (χ4v) is 2.38. The van der Waals surface area contributed by atoms with Crippen LogP contribution < -0.4 is 5.32 Å². The predicted octanol–water partition coefficient (Wildman–Crippen LogP) is 3.17. The molecule has 1 fully saturated rings. The van der Waals surface area contributed by atoms with Gasteiger partial charge in [-0.15, -0.1) is 0 Å². The third kappa shape index (κ3) is 2.99. The summed E-state index contributed by atoms with van der Waals surface area (Å²) >= 11 is 0. The summed E-state index contributed by atoms with van der Waals surface area (Å²) in [5.41, 5.74) is 0.509. The standard InChI is InChI=1S/C14H20F2N2/c1-10-5-6-12(15)14(13(10)16)17-11-4-3-8-18(2)9-7-11/h5-6,11,17H,3-4,7-9H2,1-2H3. The van der Waals surface area contributed by atoms with Crippen LogP contribution >= 0.6 is 0 Å². The minimum Gasteiger partial charge on any atom is -0.378 e. The molecule has 0 bridgehead atoms. The molecule has 100 valence electrons. The Balaban J connectivity index is 2.11. The Bertz CT molecular complexity index is 421. The van der Waals surface area contributed by atoms with Gasteiger partial charge in [0.1, 0.15) is 11.5 Å². The molecule has 2 rings (SSSR count). The number of hydrogen-bond acceptors (Lipinski definition) is 2. The Morgan fingerprint density at radius 1 is 1.22 bits per heavy atom. The maximum absolute atomic E-state index is 13.9. The molecule has 1 aliphatic rings. The molecule has 0 spiro atoms. The first-order valence-electron chi connectivity index (χ1n) is 6.47. The molecule has 18 heavy (non-hydrogen) atoms. The van der Waals surface area contributed by atoms with Gasteiger partial charge in [-0.05, 0) is 58.0 Å². The minimum atomic E-state index is -0.504. The molecule has 1 atom stereocenters. The van der Waals surface area contributed by atoms with Crippen LogP contribution in [0, 0.1) is 18.6 Å². The van der Waals surface area contributed by atoms with E-state index in [2.05, 4.69) is 17.3 Å². The van der Waals surface area contributed by atoms with Crippen molar-refractivity contribution in [2.24, 2.45) is 0 Å². The summed E-state index contributed by atoms with van der Waals surface area (Å²) in [6, 6.07) is 2.95. The van der Waals surface area contributed by atoms with Crippen molar-refractivity contribution in [2.45, 2.75) is 32.2 Å². The van der Waals surface area contributed by atoms with E-state index in [-0.39, 0.29) is 11.7 Å². The van der Waals surface area contributed by atoms with Crippen LogP contribution in [0.1, 0.15) is 24.8 Å². The molecule has 0 saturated carbocycles. The Morgan fingerprint density at radius 2 is 2.00 bits per heavy atom. The van der Waals surface area contributed by atoms with Crippen LogP contribution in [0.4, 0.5) is 14.5 Å². The van der Waals surface area contributed by atoms with Crippen LogP contribution in [0.2, 0.25) is 0 Å². The van der Waals surface area contributed by atoms with Crippen LogP contribution in [0.25, 0.3) is 0 Å². The lowest BCUT2D eigenvalue weighted by Gasteiger charge is -2.19. The van der Waals surface area contributed by atoms with Crippen LogP contribution in [0.5, 0.6) is 0 Å². The summed E-state index contributed by atoms with van der Waals surface area (Å²) in [4.78, 5) is 2.25. The molecule has 0 aliphatic carbocycles. The van der Waals surface area contributed by atoms with E-state index in [1.807, 2.05) is 0 Å². The van der Waals surface area contributed by atoms with Gasteiger partial charge >= 0.3 is 0 Å². The predicted molar refractivity (Wildman–Crippen MR) is 69.9 cm³/mol. The Kier molecular flexibility index (Phi) is 4.17. The zero-order chi connectivity index (χ0) is 13.1. The van der Waals surface area contributed by atoms with E-state index < -0.39 is 11.6 Å². The average molecular weight is 254 g/mol. The zero-order valence-electron chi connectivity index (χ0n) is 11.0. The molecule has 1 N–H and O–H groups in total. The fourth-order valence-electron chi connectivity index (χ4n) is 2.38. The molecular weight excluding hydrogens is 234 g/mol. The molecule has 1 aromatic rings. The lowest BCUT2D eigenvalue weighted by atomic mass is 10.1. The second-order valence-corrected chi connectivity index (χ2v) is 5.13. The quantitative estimate of drug-likeness (QED) is 0.872. The first kappa shape index (κ1) is 13.3. The first-order valence-corrected chi connectivity index (χ1v) is 6.47. The molecule has 0 amide bonds. The lowest BCUT2D eigenvalue weighted by Crippen LogP contribution is -2.24. The van der Waals surface area contributed by atoms with Gasteiger partial charge in [0.2, 0.25) is 0 Å². The van der Waals surface area contributed by atoms with Crippen LogP contribution in [0.15, 0.2) is 12.1 Å². The van der Waals surface area contributed by atoms with E-state index in [0.717, 1.165) is 32.4 Å². The maximum atomic E-state index is 13.9. The van der Waals surface area contributed by atoms with Gasteiger partial charge in [0.25, 0.3) is 0 Å². The molecule has 1 unspecified atom stereocenters. The molecule has 1 aromatic carbocycles. The Labute approximate surface area is 107 Å². The number of benzene rings is 1. The minimum absolute atomic E-state index is 0.0320. The fraction of sp³-hybridized carbons (Fsp3) is 0.571. The third-order valence-electron chi connectivity index (χ3n) is 3.58. The molecule has 1 aliphatic heterocycles. The highest BCUT2D eigenvalue weighted by atomic mass is 19.1. The van der Waals surface area contributed by atoms with E-state index in [1.54, 1.807) is 6.92 Å². The second-order valence-electron chi connectivity index (χ2n) is 5.13. The summed E-state index contributed by atoms with van der Waals surface area (Å²) in [6.45, 7) is 3.67. The second kappa shape index (κ2) is 5.65. The average Bonchev–Trinajstić information content (AvgIpc) is 2.55. The van der Waals surface area contributed by atoms with E-state index in [1.165, 1.54) is 12.1 Å². The van der Waals surface area contributed by atoms with Crippen molar-refractivity contribution in [1.29, 1.82) is 0 Å². The number of hydrogen-bond donors (Lipinski definition) is 1. The summed E-state index contributed by atoms with van der Waals surface area (Å²) < 4.78 is 27.5. The summed E-state index contributed by atoms with van der Waals surface area (Å²) in [7, 11) is 2.08. The van der Waals surface area contributed by atoms with Crippen molar-refractivity contribution in [2.75, 3.05) is 25.5 Å². The molecule has 0 aromatic heterocycles. The zero-order valence-corrected chi connectivity index (χ0v) is 11.0. The van der Waals surface area contributed by atoms with Gasteiger partial charge in [0.05, 0.1) is 0 Å². The monoisotopic (exact) mass is 254 g/mol. The molecule has 1 saturated heterocycles. The van der Waals surface area contributed by atoms with Crippen molar-refractivity contribution in [3.63, 3.8) is 0 Å². The maximum Gasteiger partial charge on any atom is 0.152 e. The molecule has 1 heterocycles. The summed E-state index contributed by atoms with van der Waals surface area (Å²) in [5, 5.41) is 3.04. The number of halogens is 2. The van der Waals surface area contributed by atoms with Crippen molar-refractivity contribution in [3.05, 3.63) is 29.3 Å². The van der Waals surface area contributed by atoms with Gasteiger partial charge in [-0.2, -0.15) is 0 Å². The highest BCUT2D eigenvalue weighted by Gasteiger charge is 2.18. The van der Waals surface area contributed by atoms with Crippen molar-refractivity contribution >= 4 is 5.69 Å². The number of anilines is 1. The normalized spacial score (nSPS) is 21.7. The van der Waals surface area contributed by atoms with E-state index in [9.17, 15) is 8.78 Å².